The average molecular weight is 772 g/mol. The van der Waals surface area contributed by atoms with Gasteiger partial charge in [-0.3, -0.25) is 9.59 Å². The number of aliphatic hydroxyl groups is 4. The van der Waals surface area contributed by atoms with Crippen molar-refractivity contribution < 1.29 is 68.0 Å². The molecule has 0 bridgehead atoms. The maximum Gasteiger partial charge on any atom is 0.308 e. The number of nitrogens with zero attached hydrogens (tertiary/aromatic N) is 1. The molecule has 0 aromatic heterocycles. The number of methoxy groups -OCH3 is 2. The minimum Gasteiger partial charge on any atom is -0.462 e. The molecule has 0 unspecified atom stereocenters. The van der Waals surface area contributed by atoms with Gasteiger partial charge in [-0.25, -0.2) is 0 Å². The first kappa shape index (κ1) is 46.2. The molecular weight excluding hydrogens is 706 g/mol. The van der Waals surface area contributed by atoms with Gasteiger partial charge in [0.1, 0.15) is 36.8 Å². The molecule has 3 aliphatic rings. The number of cyclic esters (lactones) is 1. The van der Waals surface area contributed by atoms with E-state index in [9.17, 15) is 34.8 Å². The summed E-state index contributed by atoms with van der Waals surface area (Å²) in [4.78, 5) is 40.8. The van der Waals surface area contributed by atoms with E-state index in [1.165, 1.54) is 20.3 Å². The lowest BCUT2D eigenvalue weighted by Crippen LogP contribution is -2.63. The van der Waals surface area contributed by atoms with E-state index in [4.69, 9.17) is 33.2 Å². The highest BCUT2D eigenvalue weighted by Gasteiger charge is 2.48. The highest BCUT2D eigenvalue weighted by Crippen LogP contribution is 2.35. The fourth-order valence-electron chi connectivity index (χ4n) is 7.76. The minimum absolute atomic E-state index is 0.0120. The summed E-state index contributed by atoms with van der Waals surface area (Å²) in [7, 11) is 6.36. The van der Waals surface area contributed by atoms with Crippen LogP contribution in [-0.4, -0.2) is 158 Å². The molecule has 0 aromatic rings. The Morgan fingerprint density at radius 1 is 0.889 bits per heavy atom. The molecule has 0 aliphatic carbocycles. The predicted octanol–water partition coefficient (Wildman–Crippen LogP) is 1.56. The third kappa shape index (κ3) is 11.7. The van der Waals surface area contributed by atoms with Gasteiger partial charge in [0.15, 0.2) is 18.4 Å². The van der Waals surface area contributed by atoms with E-state index >= 15 is 0 Å². The number of esters is 1. The van der Waals surface area contributed by atoms with Crippen molar-refractivity contribution >= 4 is 18.0 Å². The Hall–Kier alpha value is -2.15. The molecule has 3 rings (SSSR count). The van der Waals surface area contributed by atoms with Gasteiger partial charge >= 0.3 is 5.97 Å². The molecule has 4 N–H and O–H groups in total. The summed E-state index contributed by atoms with van der Waals surface area (Å²) in [5.41, 5.74) is 0.701. The van der Waals surface area contributed by atoms with Gasteiger partial charge in [0.2, 0.25) is 0 Å². The van der Waals surface area contributed by atoms with E-state index in [-0.39, 0.29) is 25.2 Å². The standard InChI is InChI=1S/C39H65NO14/c1-11-29-26(19-50-39-37(49-10)36(48-9)33(46)24(6)52-39)16-20(2)12-13-27(42)21(3)17-25(14-15-41)35(22(4)28(43)18-30(44)53-29)54-38-34(47)31(40(7)8)32(45)23(5)51-38/h12-13,15-16,21-26,28-29,31-39,43,45-47H,11,14,17-19H2,1-10H3/b13-12+,20-16+/t21-,22+,23+,24+,25+,26-,28-,29-,31+,32+,33+,34+,35-,36+,37+,38-,39+/m1/s1. The van der Waals surface area contributed by atoms with Gasteiger partial charge in [0, 0.05) is 38.4 Å². The van der Waals surface area contributed by atoms with E-state index in [2.05, 4.69) is 0 Å². The first-order valence-corrected chi connectivity index (χ1v) is 19.0. The number of hydrogen-bond acceptors (Lipinski definition) is 15. The Kier molecular flexibility index (Phi) is 18.3. The number of carbonyl (C=O) groups excluding carboxylic acids is 3. The van der Waals surface area contributed by atoms with Crippen LogP contribution in [0.15, 0.2) is 23.8 Å². The third-order valence-corrected chi connectivity index (χ3v) is 11.1. The number of allylic oxidation sites excluding steroid dienone is 3. The second-order valence-electron chi connectivity index (χ2n) is 15.4. The van der Waals surface area contributed by atoms with Crippen molar-refractivity contribution in [1.29, 1.82) is 0 Å². The number of hydrogen-bond donors (Lipinski definition) is 4. The molecule has 0 saturated carbocycles. The Labute approximate surface area is 319 Å². The van der Waals surface area contributed by atoms with Crippen LogP contribution in [-0.2, 0) is 47.5 Å². The Balaban J connectivity index is 1.96. The maximum atomic E-state index is 13.6. The van der Waals surface area contributed by atoms with Crippen molar-refractivity contribution in [3.8, 4) is 0 Å². The van der Waals surface area contributed by atoms with Gasteiger partial charge in [0.05, 0.1) is 49.6 Å². The zero-order valence-corrected chi connectivity index (χ0v) is 33.5. The molecule has 0 spiro atoms. The van der Waals surface area contributed by atoms with Gasteiger partial charge in [-0.2, -0.15) is 0 Å². The van der Waals surface area contributed by atoms with Crippen molar-refractivity contribution in [3.63, 3.8) is 0 Å². The highest BCUT2D eigenvalue weighted by molar-refractivity contribution is 5.91. The number of ketones is 1. The van der Waals surface area contributed by atoms with E-state index < -0.39 is 116 Å². The molecule has 2 saturated heterocycles. The van der Waals surface area contributed by atoms with Crippen LogP contribution in [0.5, 0.6) is 0 Å². The number of aliphatic hydroxyl groups excluding tert-OH is 4. The third-order valence-electron chi connectivity index (χ3n) is 11.1. The van der Waals surface area contributed by atoms with Crippen LogP contribution >= 0.6 is 0 Å². The molecule has 2 fully saturated rings. The lowest BCUT2D eigenvalue weighted by Gasteiger charge is -2.46. The van der Waals surface area contributed by atoms with E-state index in [0.29, 0.717) is 12.0 Å². The molecule has 0 amide bonds. The Bertz CT molecular complexity index is 1260. The molecule has 310 valence electrons. The molecule has 15 nitrogen and oxygen atoms in total. The van der Waals surface area contributed by atoms with Gasteiger partial charge in [0.25, 0.3) is 0 Å². The molecule has 3 aliphatic heterocycles. The molecular formula is C39H65NO14. The van der Waals surface area contributed by atoms with Crippen LogP contribution in [0.3, 0.4) is 0 Å². The fourth-order valence-corrected chi connectivity index (χ4v) is 7.76. The van der Waals surface area contributed by atoms with Gasteiger partial charge < -0.3 is 63.3 Å². The smallest absolute Gasteiger partial charge is 0.308 e. The van der Waals surface area contributed by atoms with Gasteiger partial charge in [-0.15, -0.1) is 0 Å². The molecule has 54 heavy (non-hydrogen) atoms. The molecule has 15 heteroatoms. The van der Waals surface area contributed by atoms with Gasteiger partial charge in [-0.1, -0.05) is 38.5 Å². The molecule has 0 radical (unpaired) electrons. The first-order chi connectivity index (χ1) is 25.5. The quantitative estimate of drug-likeness (QED) is 0.174. The normalized spacial score (nSPS) is 43.6. The number of rotatable bonds is 11. The second kappa shape index (κ2) is 21.4. The monoisotopic (exact) mass is 771 g/mol. The van der Waals surface area contributed by atoms with Crippen molar-refractivity contribution in [3.05, 3.63) is 23.8 Å². The zero-order chi connectivity index (χ0) is 40.4. The SMILES string of the molecule is CC[C@H]1OC(=O)C[C@@H](O)[C@H](C)[C@@H](O[C@H]2O[C@@H](C)[C@H](O)[C@H](N(C)C)[C@@H]2O)[C@@H](CC=O)C[C@@H](C)C(=O)/C=C/C(C)=C/[C@@H]1CO[C@H]1O[C@@H](C)[C@H](O)[C@H](OC)[C@@H]1OC. The highest BCUT2D eigenvalue weighted by atomic mass is 16.7. The van der Waals surface area contributed by atoms with E-state index in [1.807, 2.05) is 19.9 Å². The summed E-state index contributed by atoms with van der Waals surface area (Å²) < 4.78 is 41.6. The first-order valence-electron chi connectivity index (χ1n) is 19.0. The topological polar surface area (TPSA) is 200 Å². The Morgan fingerprint density at radius 2 is 1.52 bits per heavy atom. The van der Waals surface area contributed by atoms with Crippen LogP contribution in [0.4, 0.5) is 0 Å². The number of likely N-dealkylation sites (N-methyl/N-ethyl adjacent to an activating group) is 1. The van der Waals surface area contributed by atoms with Crippen LogP contribution < -0.4 is 0 Å². The van der Waals surface area contributed by atoms with E-state index in [1.54, 1.807) is 52.8 Å². The lowest BCUT2D eigenvalue weighted by atomic mass is 9.79. The van der Waals surface area contributed by atoms with E-state index in [0.717, 1.165) is 6.29 Å². The van der Waals surface area contributed by atoms with Crippen LogP contribution in [0.1, 0.15) is 67.2 Å². The fraction of sp³-hybridized carbons (Fsp3) is 0.821. The van der Waals surface area contributed by atoms with Crippen LogP contribution in [0.25, 0.3) is 0 Å². The Morgan fingerprint density at radius 3 is 2.11 bits per heavy atom. The molecule has 17 atom stereocenters. The number of aldehydes is 1. The zero-order valence-electron chi connectivity index (χ0n) is 33.5. The summed E-state index contributed by atoms with van der Waals surface area (Å²) in [6.07, 6.45) is -5.36. The maximum absolute atomic E-state index is 13.6. The summed E-state index contributed by atoms with van der Waals surface area (Å²) in [6.45, 7) is 10.5. The second-order valence-corrected chi connectivity index (χ2v) is 15.4. The van der Waals surface area contributed by atoms with Crippen molar-refractivity contribution in [2.24, 2.45) is 23.7 Å². The minimum atomic E-state index is -1.31. The van der Waals surface area contributed by atoms with Crippen molar-refractivity contribution in [1.82, 2.24) is 4.90 Å². The predicted molar refractivity (Wildman–Crippen MR) is 196 cm³/mol. The number of ether oxygens (including phenoxy) is 7. The summed E-state index contributed by atoms with van der Waals surface area (Å²) in [5.74, 6) is -3.37. The average Bonchev–Trinajstić information content (AvgIpc) is 3.12. The van der Waals surface area contributed by atoms with Crippen LogP contribution in [0.2, 0.25) is 0 Å². The molecule has 3 heterocycles. The largest absolute Gasteiger partial charge is 0.462 e. The van der Waals surface area contributed by atoms with Crippen molar-refractivity contribution in [2.45, 2.75) is 147 Å². The summed E-state index contributed by atoms with van der Waals surface area (Å²) in [5, 5.41) is 44.2. The van der Waals surface area contributed by atoms with Crippen molar-refractivity contribution in [2.75, 3.05) is 34.9 Å². The van der Waals surface area contributed by atoms with Gasteiger partial charge in [-0.05, 0) is 59.7 Å². The lowest BCUT2D eigenvalue weighted by molar-refractivity contribution is -0.304. The summed E-state index contributed by atoms with van der Waals surface area (Å²) >= 11 is 0. The molecule has 0 aromatic carbocycles. The van der Waals surface area contributed by atoms with Crippen LogP contribution in [0, 0.1) is 23.7 Å². The number of carbonyl (C=O) groups is 3. The summed E-state index contributed by atoms with van der Waals surface area (Å²) in [6, 6.07) is -0.740.